The summed E-state index contributed by atoms with van der Waals surface area (Å²) in [5, 5.41) is 0. The maximum absolute atomic E-state index is 12.8. The second-order valence-corrected chi connectivity index (χ2v) is 9.35. The van der Waals surface area contributed by atoms with E-state index < -0.39 is 10.0 Å². The number of carbonyl (C=O) groups is 1. The Labute approximate surface area is 146 Å². The van der Waals surface area contributed by atoms with Crippen molar-refractivity contribution in [3.63, 3.8) is 0 Å². The van der Waals surface area contributed by atoms with Crippen LogP contribution in [0.2, 0.25) is 0 Å². The third-order valence-electron chi connectivity index (χ3n) is 5.57. The van der Waals surface area contributed by atoms with Crippen LogP contribution < -0.4 is 0 Å². The fourth-order valence-corrected chi connectivity index (χ4v) is 5.94. The first kappa shape index (κ1) is 17.8. The number of allylic oxidation sites excluding steroid dienone is 2. The van der Waals surface area contributed by atoms with E-state index in [9.17, 15) is 13.2 Å². The zero-order valence-corrected chi connectivity index (χ0v) is 15.4. The van der Waals surface area contributed by atoms with E-state index in [-0.39, 0.29) is 11.7 Å². The molecule has 1 atom stereocenters. The fraction of sp³-hybridized carbons (Fsp3) is 0.833. The molecule has 0 spiro atoms. The lowest BCUT2D eigenvalue weighted by Crippen LogP contribution is -2.40. The molecule has 0 saturated carbocycles. The summed E-state index contributed by atoms with van der Waals surface area (Å²) >= 11 is 0. The molecule has 5 nitrogen and oxygen atoms in total. The van der Waals surface area contributed by atoms with Gasteiger partial charge >= 0.3 is 0 Å². The Morgan fingerprint density at radius 3 is 2.58 bits per heavy atom. The lowest BCUT2D eigenvalue weighted by molar-refractivity contribution is -0.132. The van der Waals surface area contributed by atoms with Crippen molar-refractivity contribution < 1.29 is 13.2 Å². The predicted molar refractivity (Wildman–Crippen MR) is 94.8 cm³/mol. The van der Waals surface area contributed by atoms with Crippen molar-refractivity contribution in [3.05, 3.63) is 11.8 Å². The van der Waals surface area contributed by atoms with Crippen molar-refractivity contribution in [2.45, 2.75) is 64.2 Å². The van der Waals surface area contributed by atoms with E-state index in [2.05, 4.69) is 6.08 Å². The van der Waals surface area contributed by atoms with Gasteiger partial charge in [-0.1, -0.05) is 6.08 Å². The summed E-state index contributed by atoms with van der Waals surface area (Å²) in [7, 11) is -3.29. The quantitative estimate of drug-likeness (QED) is 0.763. The molecule has 3 aliphatic rings. The minimum Gasteiger partial charge on any atom is -0.343 e. The highest BCUT2D eigenvalue weighted by molar-refractivity contribution is 7.89. The lowest BCUT2D eigenvalue weighted by atomic mass is 9.86. The predicted octanol–water partition coefficient (Wildman–Crippen LogP) is 2.89. The summed E-state index contributed by atoms with van der Waals surface area (Å²) in [6.45, 7) is 2.29. The highest BCUT2D eigenvalue weighted by Gasteiger charge is 2.33. The molecule has 2 heterocycles. The van der Waals surface area contributed by atoms with E-state index >= 15 is 0 Å². The molecule has 24 heavy (non-hydrogen) atoms. The largest absolute Gasteiger partial charge is 0.343 e. The highest BCUT2D eigenvalue weighted by Crippen LogP contribution is 2.36. The maximum Gasteiger partial charge on any atom is 0.234 e. The number of sulfonamides is 1. The molecule has 1 amide bonds. The molecule has 0 N–H and O–H groups in total. The van der Waals surface area contributed by atoms with Gasteiger partial charge in [-0.05, 0) is 63.7 Å². The van der Waals surface area contributed by atoms with E-state index in [1.807, 2.05) is 4.90 Å². The Morgan fingerprint density at radius 2 is 1.79 bits per heavy atom. The number of carbonyl (C=O) groups excluding carboxylic acids is 1. The van der Waals surface area contributed by atoms with Crippen LogP contribution in [0.1, 0.15) is 64.2 Å². The minimum absolute atomic E-state index is 0.0939. The van der Waals surface area contributed by atoms with Crippen molar-refractivity contribution in [3.8, 4) is 0 Å². The maximum atomic E-state index is 12.8. The Kier molecular flexibility index (Phi) is 5.85. The molecular weight excluding hydrogens is 324 g/mol. The van der Waals surface area contributed by atoms with Crippen LogP contribution in [0.15, 0.2) is 11.8 Å². The fourth-order valence-electron chi connectivity index (χ4n) is 4.25. The molecule has 1 aliphatic carbocycles. The summed E-state index contributed by atoms with van der Waals surface area (Å²) in [5.74, 6) is 0.645. The third-order valence-corrected chi connectivity index (χ3v) is 7.44. The topological polar surface area (TPSA) is 57.7 Å². The van der Waals surface area contributed by atoms with Gasteiger partial charge in [-0.3, -0.25) is 9.10 Å². The Balaban J connectivity index is 1.53. The molecule has 136 valence electrons. The number of amides is 1. The van der Waals surface area contributed by atoms with Gasteiger partial charge in [0.05, 0.1) is 5.75 Å². The van der Waals surface area contributed by atoms with Crippen LogP contribution >= 0.6 is 0 Å². The molecule has 0 aromatic carbocycles. The van der Waals surface area contributed by atoms with Crippen LogP contribution in [0.5, 0.6) is 0 Å². The van der Waals surface area contributed by atoms with E-state index in [4.69, 9.17) is 0 Å². The van der Waals surface area contributed by atoms with Crippen LogP contribution in [0.25, 0.3) is 0 Å². The second-order valence-electron chi connectivity index (χ2n) is 7.33. The van der Waals surface area contributed by atoms with Crippen molar-refractivity contribution in [1.82, 2.24) is 9.21 Å². The molecule has 2 aliphatic heterocycles. The molecule has 0 aromatic heterocycles. The summed E-state index contributed by atoms with van der Waals surface area (Å²) in [6, 6.07) is 0. The Hall–Kier alpha value is -1.04. The number of nitrogens with zero attached hydrogens (tertiary/aromatic N) is 2. The van der Waals surface area contributed by atoms with Crippen LogP contribution in [-0.2, 0) is 14.8 Å². The van der Waals surface area contributed by atoms with E-state index in [0.717, 1.165) is 57.3 Å². The standard InChI is InChI=1S/C18H30N2O3S/c21-18(19-12-4-1-5-13-19)11-7-15-24(22,23)20-14-6-9-16-8-2-3-10-17(16)20/h10,16H,1-9,11-15H2. The molecule has 0 radical (unpaired) electrons. The van der Waals surface area contributed by atoms with E-state index in [0.29, 0.717) is 25.3 Å². The molecule has 0 aromatic rings. The summed E-state index contributed by atoms with van der Waals surface area (Å²) in [5.41, 5.74) is 1.04. The lowest BCUT2D eigenvalue weighted by Gasteiger charge is -2.38. The number of piperidine rings is 2. The summed E-state index contributed by atoms with van der Waals surface area (Å²) < 4.78 is 27.2. The minimum atomic E-state index is -3.29. The number of likely N-dealkylation sites (tertiary alicyclic amines) is 1. The van der Waals surface area contributed by atoms with Gasteiger partial charge in [-0.15, -0.1) is 0 Å². The molecule has 3 rings (SSSR count). The number of hydrogen-bond donors (Lipinski definition) is 0. The van der Waals surface area contributed by atoms with Gasteiger partial charge in [0.15, 0.2) is 0 Å². The Morgan fingerprint density at radius 1 is 1.04 bits per heavy atom. The summed E-state index contributed by atoms with van der Waals surface area (Å²) in [6.07, 6.45) is 11.6. The van der Waals surface area contributed by atoms with Crippen molar-refractivity contribution >= 4 is 15.9 Å². The number of fused-ring (bicyclic) bond motifs is 1. The van der Waals surface area contributed by atoms with Gasteiger partial charge in [0.25, 0.3) is 0 Å². The molecular formula is C18H30N2O3S. The first-order valence-corrected chi connectivity index (χ1v) is 11.2. The van der Waals surface area contributed by atoms with Crippen LogP contribution in [0, 0.1) is 5.92 Å². The van der Waals surface area contributed by atoms with Crippen LogP contribution in [-0.4, -0.2) is 48.9 Å². The summed E-state index contributed by atoms with van der Waals surface area (Å²) in [4.78, 5) is 14.1. The molecule has 0 bridgehead atoms. The highest BCUT2D eigenvalue weighted by atomic mass is 32.2. The van der Waals surface area contributed by atoms with Crippen LogP contribution in [0.3, 0.4) is 0 Å². The van der Waals surface area contributed by atoms with Gasteiger partial charge in [0.1, 0.15) is 0 Å². The average Bonchev–Trinajstić information content (AvgIpc) is 2.61. The van der Waals surface area contributed by atoms with Crippen molar-refractivity contribution in [1.29, 1.82) is 0 Å². The van der Waals surface area contributed by atoms with E-state index in [1.165, 1.54) is 12.8 Å². The third kappa shape index (κ3) is 4.13. The molecule has 6 heteroatoms. The van der Waals surface area contributed by atoms with Gasteiger partial charge in [0, 0.05) is 31.8 Å². The van der Waals surface area contributed by atoms with Gasteiger partial charge < -0.3 is 4.90 Å². The Bertz CT molecular complexity index is 579. The number of hydrogen-bond acceptors (Lipinski definition) is 3. The first-order chi connectivity index (χ1) is 11.6. The van der Waals surface area contributed by atoms with Crippen molar-refractivity contribution in [2.24, 2.45) is 5.92 Å². The zero-order chi connectivity index (χ0) is 17.0. The molecule has 2 saturated heterocycles. The van der Waals surface area contributed by atoms with Crippen molar-refractivity contribution in [2.75, 3.05) is 25.4 Å². The van der Waals surface area contributed by atoms with Gasteiger partial charge in [-0.25, -0.2) is 8.42 Å². The first-order valence-electron chi connectivity index (χ1n) is 9.56. The van der Waals surface area contributed by atoms with Gasteiger partial charge in [-0.2, -0.15) is 0 Å². The average molecular weight is 355 g/mol. The SMILES string of the molecule is O=C(CCCS(=O)(=O)N1CCCC2CCCC=C21)N1CCCCC1. The smallest absolute Gasteiger partial charge is 0.234 e. The van der Waals surface area contributed by atoms with Crippen LogP contribution in [0.4, 0.5) is 0 Å². The normalized spacial score (nSPS) is 25.2. The monoisotopic (exact) mass is 354 g/mol. The number of rotatable bonds is 5. The zero-order valence-electron chi connectivity index (χ0n) is 14.6. The van der Waals surface area contributed by atoms with Gasteiger partial charge in [0.2, 0.25) is 15.9 Å². The second kappa shape index (κ2) is 7.89. The van der Waals surface area contributed by atoms with E-state index in [1.54, 1.807) is 4.31 Å². The molecule has 2 fully saturated rings. The molecule has 1 unspecified atom stereocenters.